The minimum atomic E-state index is -0.522. The summed E-state index contributed by atoms with van der Waals surface area (Å²) in [6.45, 7) is 2.67. The minimum absolute atomic E-state index is 0.235. The summed E-state index contributed by atoms with van der Waals surface area (Å²) in [5.74, 6) is -0.978. The number of nitrogens with one attached hydrogen (secondary N) is 2. The van der Waals surface area contributed by atoms with Crippen LogP contribution in [0.3, 0.4) is 0 Å². The predicted molar refractivity (Wildman–Crippen MR) is 54.7 cm³/mol. The average molecular weight is 212 g/mol. The molecule has 1 saturated heterocycles. The number of piperazine rings is 1. The van der Waals surface area contributed by atoms with Gasteiger partial charge in [0.2, 0.25) is 0 Å². The summed E-state index contributed by atoms with van der Waals surface area (Å²) in [6, 6.07) is 3.99. The van der Waals surface area contributed by atoms with Crippen LogP contribution in [0.5, 0.6) is 0 Å². The number of rotatable bonds is 2. The van der Waals surface area contributed by atoms with Crippen molar-refractivity contribution in [1.29, 1.82) is 0 Å². The highest BCUT2D eigenvalue weighted by atomic mass is 19.1. The van der Waals surface area contributed by atoms with Crippen LogP contribution in [0, 0.1) is 11.6 Å². The number of hydrogen-bond acceptors (Lipinski definition) is 2. The second-order valence-electron chi connectivity index (χ2n) is 3.80. The van der Waals surface area contributed by atoms with E-state index < -0.39 is 11.6 Å². The Morgan fingerprint density at radius 2 is 2.13 bits per heavy atom. The van der Waals surface area contributed by atoms with E-state index >= 15 is 0 Å². The third kappa shape index (κ3) is 2.73. The van der Waals surface area contributed by atoms with Gasteiger partial charge in [0.1, 0.15) is 11.6 Å². The lowest BCUT2D eigenvalue weighted by Crippen LogP contribution is -2.49. The second-order valence-corrected chi connectivity index (χ2v) is 3.80. The molecule has 4 heteroatoms. The number of halogens is 2. The van der Waals surface area contributed by atoms with Crippen LogP contribution in [-0.4, -0.2) is 25.7 Å². The van der Waals surface area contributed by atoms with Crippen molar-refractivity contribution in [2.75, 3.05) is 19.6 Å². The molecule has 1 fully saturated rings. The molecule has 0 radical (unpaired) electrons. The minimum Gasteiger partial charge on any atom is -0.314 e. The third-order valence-electron chi connectivity index (χ3n) is 2.61. The van der Waals surface area contributed by atoms with Gasteiger partial charge in [0.05, 0.1) is 0 Å². The Balaban J connectivity index is 2.03. The Labute approximate surface area is 87.7 Å². The van der Waals surface area contributed by atoms with Crippen molar-refractivity contribution >= 4 is 0 Å². The Bertz CT molecular complexity index is 335. The fraction of sp³-hybridized carbons (Fsp3) is 0.455. The topological polar surface area (TPSA) is 24.1 Å². The van der Waals surface area contributed by atoms with Crippen LogP contribution in [0.15, 0.2) is 18.2 Å². The molecule has 2 nitrogen and oxygen atoms in total. The van der Waals surface area contributed by atoms with Crippen molar-refractivity contribution in [2.24, 2.45) is 0 Å². The van der Waals surface area contributed by atoms with Gasteiger partial charge in [0.15, 0.2) is 0 Å². The summed E-state index contributed by atoms with van der Waals surface area (Å²) < 4.78 is 26.0. The predicted octanol–water partition coefficient (Wildman–Crippen LogP) is 1.07. The van der Waals surface area contributed by atoms with Gasteiger partial charge >= 0.3 is 0 Å². The zero-order valence-corrected chi connectivity index (χ0v) is 8.39. The fourth-order valence-corrected chi connectivity index (χ4v) is 1.81. The zero-order valence-electron chi connectivity index (χ0n) is 8.39. The second kappa shape index (κ2) is 4.68. The highest BCUT2D eigenvalue weighted by Crippen LogP contribution is 2.11. The summed E-state index contributed by atoms with van der Waals surface area (Å²) in [6.07, 6.45) is 0.596. The largest absolute Gasteiger partial charge is 0.314 e. The lowest BCUT2D eigenvalue weighted by atomic mass is 10.0. The highest BCUT2D eigenvalue weighted by molar-refractivity contribution is 5.19. The molecule has 15 heavy (non-hydrogen) atoms. The van der Waals surface area contributed by atoms with Crippen molar-refractivity contribution in [3.63, 3.8) is 0 Å². The van der Waals surface area contributed by atoms with E-state index in [0.29, 0.717) is 12.0 Å². The first kappa shape index (κ1) is 10.5. The lowest BCUT2D eigenvalue weighted by Gasteiger charge is -2.24. The summed E-state index contributed by atoms with van der Waals surface area (Å²) in [5.41, 5.74) is 0.567. The number of benzene rings is 1. The van der Waals surface area contributed by atoms with E-state index in [-0.39, 0.29) is 6.04 Å². The maximum absolute atomic E-state index is 13.3. The first-order chi connectivity index (χ1) is 7.25. The van der Waals surface area contributed by atoms with Gasteiger partial charge in [-0.15, -0.1) is 0 Å². The molecule has 1 aromatic carbocycles. The first-order valence-corrected chi connectivity index (χ1v) is 5.14. The standard InChI is InChI=1S/C11H14F2N2/c12-9-2-1-8(11(13)6-9)5-10-7-14-3-4-15-10/h1-2,6,10,14-15H,3-5,7H2/t10-/m1/s1. The normalized spacial score (nSPS) is 21.6. The molecule has 0 aliphatic carbocycles. The maximum atomic E-state index is 13.3. The van der Waals surface area contributed by atoms with Crippen LogP contribution in [0.1, 0.15) is 5.56 Å². The molecule has 0 unspecified atom stereocenters. The molecular formula is C11H14F2N2. The van der Waals surface area contributed by atoms with E-state index in [1.165, 1.54) is 12.1 Å². The molecule has 1 atom stereocenters. The summed E-state index contributed by atoms with van der Waals surface area (Å²) in [5, 5.41) is 6.51. The van der Waals surface area contributed by atoms with Crippen LogP contribution in [0.2, 0.25) is 0 Å². The lowest BCUT2D eigenvalue weighted by molar-refractivity contribution is 0.411. The average Bonchev–Trinajstić information content (AvgIpc) is 2.24. The Morgan fingerprint density at radius 1 is 1.27 bits per heavy atom. The van der Waals surface area contributed by atoms with E-state index in [0.717, 1.165) is 25.7 Å². The quantitative estimate of drug-likeness (QED) is 0.766. The molecule has 0 bridgehead atoms. The van der Waals surface area contributed by atoms with Crippen LogP contribution < -0.4 is 10.6 Å². The van der Waals surface area contributed by atoms with Gasteiger partial charge < -0.3 is 10.6 Å². The summed E-state index contributed by atoms with van der Waals surface area (Å²) in [4.78, 5) is 0. The van der Waals surface area contributed by atoms with Gasteiger partial charge in [-0.1, -0.05) is 6.07 Å². The molecule has 82 valence electrons. The van der Waals surface area contributed by atoms with Crippen LogP contribution >= 0.6 is 0 Å². The monoisotopic (exact) mass is 212 g/mol. The SMILES string of the molecule is Fc1ccc(C[C@@H]2CNCCN2)c(F)c1. The fourth-order valence-electron chi connectivity index (χ4n) is 1.81. The van der Waals surface area contributed by atoms with Gasteiger partial charge in [0, 0.05) is 31.7 Å². The summed E-state index contributed by atoms with van der Waals surface area (Å²) in [7, 11) is 0. The molecule has 0 aromatic heterocycles. The molecule has 0 spiro atoms. The number of hydrogen-bond donors (Lipinski definition) is 2. The molecule has 1 heterocycles. The first-order valence-electron chi connectivity index (χ1n) is 5.14. The molecule has 0 amide bonds. The van der Waals surface area contributed by atoms with Crippen LogP contribution in [0.25, 0.3) is 0 Å². The van der Waals surface area contributed by atoms with Crippen molar-refractivity contribution in [3.8, 4) is 0 Å². The molecule has 1 aromatic rings. The van der Waals surface area contributed by atoms with Crippen molar-refractivity contribution in [1.82, 2.24) is 10.6 Å². The smallest absolute Gasteiger partial charge is 0.129 e. The highest BCUT2D eigenvalue weighted by Gasteiger charge is 2.14. The molecule has 1 aliphatic rings. The van der Waals surface area contributed by atoms with Crippen molar-refractivity contribution < 1.29 is 8.78 Å². The van der Waals surface area contributed by atoms with Gasteiger partial charge in [0.25, 0.3) is 0 Å². The van der Waals surface area contributed by atoms with Gasteiger partial charge in [-0.25, -0.2) is 8.78 Å². The maximum Gasteiger partial charge on any atom is 0.129 e. The summed E-state index contributed by atoms with van der Waals surface area (Å²) >= 11 is 0. The molecule has 2 N–H and O–H groups in total. The van der Waals surface area contributed by atoms with E-state index in [9.17, 15) is 8.78 Å². The molecule has 2 rings (SSSR count). The van der Waals surface area contributed by atoms with Crippen molar-refractivity contribution in [3.05, 3.63) is 35.4 Å². The molecular weight excluding hydrogens is 198 g/mol. The van der Waals surface area contributed by atoms with Gasteiger partial charge in [-0.05, 0) is 18.1 Å². The van der Waals surface area contributed by atoms with E-state index in [2.05, 4.69) is 10.6 Å². The van der Waals surface area contributed by atoms with E-state index in [4.69, 9.17) is 0 Å². The Hall–Kier alpha value is -1.00. The zero-order chi connectivity index (χ0) is 10.7. The van der Waals surface area contributed by atoms with Crippen LogP contribution in [-0.2, 0) is 6.42 Å². The van der Waals surface area contributed by atoms with E-state index in [1.807, 2.05) is 0 Å². The van der Waals surface area contributed by atoms with E-state index in [1.54, 1.807) is 0 Å². The third-order valence-corrected chi connectivity index (χ3v) is 2.61. The Morgan fingerprint density at radius 3 is 2.80 bits per heavy atom. The van der Waals surface area contributed by atoms with Crippen LogP contribution in [0.4, 0.5) is 8.78 Å². The Kier molecular flexibility index (Phi) is 3.28. The molecule has 0 saturated carbocycles. The van der Waals surface area contributed by atoms with Gasteiger partial charge in [-0.2, -0.15) is 0 Å². The van der Waals surface area contributed by atoms with Crippen molar-refractivity contribution in [2.45, 2.75) is 12.5 Å². The molecule has 1 aliphatic heterocycles. The van der Waals surface area contributed by atoms with Gasteiger partial charge in [-0.3, -0.25) is 0 Å².